The SMILES string of the molecule is Cc1cc(=O)nc(NC(=O)NCCCCNC(=O)CC(CS)C(=O)O)[nH]1. The second-order valence-corrected chi connectivity index (χ2v) is 5.98. The maximum Gasteiger partial charge on any atom is 0.321 e. The number of hydrogen-bond donors (Lipinski definition) is 6. The maximum atomic E-state index is 11.7. The van der Waals surface area contributed by atoms with Crippen molar-refractivity contribution in [3.63, 3.8) is 0 Å². The Labute approximate surface area is 155 Å². The molecule has 0 aromatic carbocycles. The Morgan fingerprint density at radius 2 is 1.92 bits per heavy atom. The van der Waals surface area contributed by atoms with E-state index in [9.17, 15) is 19.2 Å². The molecule has 0 bridgehead atoms. The Hall–Kier alpha value is -2.56. The minimum atomic E-state index is -1.05. The number of carboxylic acids is 1. The number of aromatic nitrogens is 2. The topological polar surface area (TPSA) is 153 Å². The monoisotopic (exact) mass is 385 g/mol. The highest BCUT2D eigenvalue weighted by atomic mass is 32.1. The second-order valence-electron chi connectivity index (χ2n) is 5.61. The van der Waals surface area contributed by atoms with Gasteiger partial charge in [0.1, 0.15) is 0 Å². The van der Waals surface area contributed by atoms with Crippen molar-refractivity contribution in [3.8, 4) is 0 Å². The fourth-order valence-electron chi connectivity index (χ4n) is 2.00. The fraction of sp³-hybridized carbons (Fsp3) is 0.533. The number of aromatic amines is 1. The van der Waals surface area contributed by atoms with Gasteiger partial charge in [-0.3, -0.25) is 19.7 Å². The van der Waals surface area contributed by atoms with E-state index in [-0.39, 0.29) is 24.0 Å². The molecule has 0 aliphatic rings. The van der Waals surface area contributed by atoms with Gasteiger partial charge in [-0.2, -0.15) is 17.6 Å². The van der Waals surface area contributed by atoms with Gasteiger partial charge in [0.05, 0.1) is 5.92 Å². The molecule has 1 aromatic rings. The van der Waals surface area contributed by atoms with Gasteiger partial charge < -0.3 is 20.7 Å². The predicted molar refractivity (Wildman–Crippen MR) is 98.5 cm³/mol. The molecule has 0 fully saturated rings. The van der Waals surface area contributed by atoms with Crippen LogP contribution in [0.2, 0.25) is 0 Å². The first-order valence-electron chi connectivity index (χ1n) is 8.05. The lowest BCUT2D eigenvalue weighted by molar-refractivity contribution is -0.143. The van der Waals surface area contributed by atoms with Gasteiger partial charge in [-0.15, -0.1) is 0 Å². The molecule has 26 heavy (non-hydrogen) atoms. The van der Waals surface area contributed by atoms with Gasteiger partial charge in [0.15, 0.2) is 0 Å². The lowest BCUT2D eigenvalue weighted by Gasteiger charge is -2.10. The van der Waals surface area contributed by atoms with Crippen LogP contribution in [0.3, 0.4) is 0 Å². The minimum Gasteiger partial charge on any atom is -0.481 e. The van der Waals surface area contributed by atoms with E-state index in [1.54, 1.807) is 6.92 Å². The summed E-state index contributed by atoms with van der Waals surface area (Å²) in [7, 11) is 0. The van der Waals surface area contributed by atoms with Crippen LogP contribution in [-0.2, 0) is 9.59 Å². The molecule has 11 heteroatoms. The molecule has 1 rings (SSSR count). The average molecular weight is 385 g/mol. The lowest BCUT2D eigenvalue weighted by atomic mass is 10.1. The first kappa shape index (κ1) is 21.5. The summed E-state index contributed by atoms with van der Waals surface area (Å²) in [6.45, 7) is 2.43. The molecule has 10 nitrogen and oxygen atoms in total. The number of anilines is 1. The molecule has 5 N–H and O–H groups in total. The number of rotatable bonds is 10. The molecule has 1 aromatic heterocycles. The number of hydrogen-bond acceptors (Lipinski definition) is 6. The average Bonchev–Trinajstić information content (AvgIpc) is 2.54. The molecule has 1 atom stereocenters. The Morgan fingerprint density at radius 3 is 2.50 bits per heavy atom. The van der Waals surface area contributed by atoms with Crippen LogP contribution in [0.5, 0.6) is 0 Å². The molecule has 0 radical (unpaired) electrons. The number of amides is 3. The van der Waals surface area contributed by atoms with Crippen molar-refractivity contribution < 1.29 is 19.5 Å². The van der Waals surface area contributed by atoms with Gasteiger partial charge in [0.25, 0.3) is 5.56 Å². The molecule has 144 valence electrons. The van der Waals surface area contributed by atoms with E-state index in [4.69, 9.17) is 5.11 Å². The molecular weight excluding hydrogens is 362 g/mol. The largest absolute Gasteiger partial charge is 0.481 e. The second kappa shape index (κ2) is 11.1. The van der Waals surface area contributed by atoms with Gasteiger partial charge in [0, 0.05) is 37.0 Å². The van der Waals surface area contributed by atoms with Crippen molar-refractivity contribution >= 4 is 36.5 Å². The summed E-state index contributed by atoms with van der Waals surface area (Å²) in [5, 5.41) is 16.5. The number of urea groups is 1. The lowest BCUT2D eigenvalue weighted by Crippen LogP contribution is -2.32. The van der Waals surface area contributed by atoms with Crippen LogP contribution in [0.1, 0.15) is 25.0 Å². The summed E-state index contributed by atoms with van der Waals surface area (Å²) in [6, 6.07) is 0.813. The molecule has 3 amide bonds. The maximum absolute atomic E-state index is 11.7. The zero-order valence-corrected chi connectivity index (χ0v) is 15.3. The molecule has 0 saturated carbocycles. The fourth-order valence-corrected chi connectivity index (χ4v) is 2.28. The smallest absolute Gasteiger partial charge is 0.321 e. The summed E-state index contributed by atoms with van der Waals surface area (Å²) in [4.78, 5) is 51.7. The van der Waals surface area contributed by atoms with E-state index in [2.05, 4.69) is 38.5 Å². The van der Waals surface area contributed by atoms with E-state index >= 15 is 0 Å². The normalized spacial score (nSPS) is 11.5. The number of aliphatic carboxylic acids is 1. The Morgan fingerprint density at radius 1 is 1.27 bits per heavy atom. The first-order chi connectivity index (χ1) is 12.3. The third-order valence-electron chi connectivity index (χ3n) is 3.32. The molecule has 0 saturated heterocycles. The third-order valence-corrected chi connectivity index (χ3v) is 3.76. The number of thiol groups is 1. The number of H-pyrrole nitrogens is 1. The van der Waals surface area contributed by atoms with Crippen molar-refractivity contribution in [1.82, 2.24) is 20.6 Å². The van der Waals surface area contributed by atoms with Crippen molar-refractivity contribution in [2.75, 3.05) is 24.2 Å². The third kappa shape index (κ3) is 8.51. The highest BCUT2D eigenvalue weighted by molar-refractivity contribution is 7.80. The van der Waals surface area contributed by atoms with Crippen LogP contribution >= 0.6 is 12.6 Å². The zero-order valence-electron chi connectivity index (χ0n) is 14.4. The minimum absolute atomic E-state index is 0.0666. The van der Waals surface area contributed by atoms with Crippen molar-refractivity contribution in [2.45, 2.75) is 26.2 Å². The van der Waals surface area contributed by atoms with E-state index in [0.717, 1.165) is 0 Å². The standard InChI is InChI=1S/C15H23N5O5S/c1-9-6-12(22)19-14(18-9)20-15(25)17-5-3-2-4-16-11(21)7-10(8-26)13(23)24/h6,10,26H,2-5,7-8H2,1H3,(H,16,21)(H,23,24)(H3,17,18,19,20,22,25). The van der Waals surface area contributed by atoms with Crippen LogP contribution in [-0.4, -0.2) is 51.8 Å². The van der Waals surface area contributed by atoms with Gasteiger partial charge in [-0.25, -0.2) is 4.79 Å². The predicted octanol–water partition coefficient (Wildman–Crippen LogP) is 0.117. The summed E-state index contributed by atoms with van der Waals surface area (Å²) in [5.41, 5.74) is 0.134. The molecule has 1 unspecified atom stereocenters. The van der Waals surface area contributed by atoms with Crippen LogP contribution in [0.25, 0.3) is 0 Å². The molecule has 1 heterocycles. The van der Waals surface area contributed by atoms with Crippen LogP contribution < -0.4 is 21.5 Å². The van der Waals surface area contributed by atoms with Gasteiger partial charge >= 0.3 is 12.0 Å². The number of carbonyl (C=O) groups excluding carboxylic acids is 2. The molecule has 0 aliphatic heterocycles. The van der Waals surface area contributed by atoms with Crippen molar-refractivity contribution in [3.05, 3.63) is 22.1 Å². The number of aryl methyl sites for hydroxylation is 1. The molecule has 0 aliphatic carbocycles. The van der Waals surface area contributed by atoms with Gasteiger partial charge in [0.2, 0.25) is 11.9 Å². The number of unbranched alkanes of at least 4 members (excludes halogenated alkanes) is 1. The summed E-state index contributed by atoms with van der Waals surface area (Å²) in [5.74, 6) is -2.02. The number of nitrogens with one attached hydrogen (secondary N) is 4. The van der Waals surface area contributed by atoms with Crippen molar-refractivity contribution in [1.29, 1.82) is 0 Å². The first-order valence-corrected chi connectivity index (χ1v) is 8.68. The molecule has 0 spiro atoms. The van der Waals surface area contributed by atoms with Crippen LogP contribution in [0, 0.1) is 12.8 Å². The highest BCUT2D eigenvalue weighted by Crippen LogP contribution is 2.05. The summed E-state index contributed by atoms with van der Waals surface area (Å²) in [6.07, 6.45) is 1.12. The summed E-state index contributed by atoms with van der Waals surface area (Å²) >= 11 is 3.90. The van der Waals surface area contributed by atoms with Crippen LogP contribution in [0.15, 0.2) is 10.9 Å². The summed E-state index contributed by atoms with van der Waals surface area (Å²) < 4.78 is 0. The Kier molecular flexibility index (Phi) is 9.20. The van der Waals surface area contributed by atoms with E-state index in [1.807, 2.05) is 0 Å². The highest BCUT2D eigenvalue weighted by Gasteiger charge is 2.19. The van der Waals surface area contributed by atoms with Gasteiger partial charge in [-0.05, 0) is 19.8 Å². The Bertz CT molecular complexity index is 693. The molecular formula is C15H23N5O5S. The number of nitrogens with zero attached hydrogens (tertiary/aromatic N) is 1. The van der Waals surface area contributed by atoms with Gasteiger partial charge in [-0.1, -0.05) is 0 Å². The number of carbonyl (C=O) groups is 3. The zero-order chi connectivity index (χ0) is 19.5. The van der Waals surface area contributed by atoms with E-state index in [1.165, 1.54) is 6.07 Å². The van der Waals surface area contributed by atoms with E-state index < -0.39 is 23.5 Å². The quantitative estimate of drug-likeness (QED) is 0.248. The van der Waals surface area contributed by atoms with Crippen molar-refractivity contribution in [2.24, 2.45) is 5.92 Å². The Balaban J connectivity index is 2.16. The van der Waals surface area contributed by atoms with Crippen LogP contribution in [0.4, 0.5) is 10.7 Å². The van der Waals surface area contributed by atoms with E-state index in [0.29, 0.717) is 31.6 Å². The number of carboxylic acid groups (broad SMARTS) is 1.